The first-order valence-corrected chi connectivity index (χ1v) is 11.3. The van der Waals surface area contributed by atoms with Gasteiger partial charge in [-0.25, -0.2) is 5.01 Å². The second-order valence-electron chi connectivity index (χ2n) is 9.05. The number of nitro benzene ring substituents is 1. The Hall–Kier alpha value is -4.14. The van der Waals surface area contributed by atoms with Crippen LogP contribution in [0.4, 0.5) is 5.69 Å². The molecule has 4 rings (SSSR count). The molecule has 0 bridgehead atoms. The second-order valence-corrected chi connectivity index (χ2v) is 9.05. The molecule has 35 heavy (non-hydrogen) atoms. The largest absolute Gasteiger partial charge is 0.292 e. The highest BCUT2D eigenvalue weighted by atomic mass is 16.6. The number of non-ortho nitro benzene ring substituents is 1. The third-order valence-corrected chi connectivity index (χ3v) is 6.63. The second kappa shape index (κ2) is 9.25. The number of allylic oxidation sites excluding steroid dienone is 2. The molecule has 0 spiro atoms. The molecule has 0 saturated carbocycles. The summed E-state index contributed by atoms with van der Waals surface area (Å²) in [5.41, 5.74) is 2.08. The first-order valence-electron chi connectivity index (χ1n) is 11.3. The van der Waals surface area contributed by atoms with Gasteiger partial charge in [-0.15, -0.1) is 0 Å². The molecule has 1 saturated heterocycles. The molecule has 2 aromatic carbocycles. The lowest BCUT2D eigenvalue weighted by Crippen LogP contribution is -2.56. The number of hydrazine groups is 1. The van der Waals surface area contributed by atoms with Crippen molar-refractivity contribution in [1.29, 1.82) is 0 Å². The maximum absolute atomic E-state index is 13.7. The van der Waals surface area contributed by atoms with Crippen molar-refractivity contribution in [3.8, 4) is 0 Å². The average Bonchev–Trinajstić information content (AvgIpc) is 3.08. The first kappa shape index (κ1) is 24.0. The van der Waals surface area contributed by atoms with Gasteiger partial charge in [0, 0.05) is 23.3 Å². The number of imide groups is 1. The maximum Gasteiger partial charge on any atom is 0.273 e. The van der Waals surface area contributed by atoms with Gasteiger partial charge in [0.15, 0.2) is 5.78 Å². The van der Waals surface area contributed by atoms with E-state index in [1.165, 1.54) is 31.2 Å². The summed E-state index contributed by atoms with van der Waals surface area (Å²) in [7, 11) is 0. The molecule has 1 fully saturated rings. The lowest BCUT2D eigenvalue weighted by molar-refractivity contribution is -0.384. The molecule has 9 heteroatoms. The van der Waals surface area contributed by atoms with Crippen molar-refractivity contribution in [2.24, 2.45) is 11.8 Å². The standard InChI is InChI=1S/C26H25N3O6/c1-15-4-7-18(8-5-15)23(30)17(3)27(24(31)19-9-11-20(12-10-19)29(34)35)28-25(32)21-13-6-16(2)14-22(21)26(28)33/h4-12,17,21-22H,13-14H2,1-3H3/t17-,21-,22-/m0/s1. The molecule has 0 unspecified atom stereocenters. The van der Waals surface area contributed by atoms with Gasteiger partial charge in [0.25, 0.3) is 23.4 Å². The van der Waals surface area contributed by atoms with E-state index in [-0.39, 0.29) is 11.3 Å². The molecule has 3 atom stereocenters. The van der Waals surface area contributed by atoms with E-state index >= 15 is 0 Å². The highest BCUT2D eigenvalue weighted by Crippen LogP contribution is 2.39. The van der Waals surface area contributed by atoms with Crippen LogP contribution in [0, 0.1) is 28.9 Å². The quantitative estimate of drug-likeness (QED) is 0.206. The lowest BCUT2D eigenvalue weighted by Gasteiger charge is -2.34. The summed E-state index contributed by atoms with van der Waals surface area (Å²) in [6, 6.07) is 10.4. The summed E-state index contributed by atoms with van der Waals surface area (Å²) >= 11 is 0. The fourth-order valence-electron chi connectivity index (χ4n) is 4.60. The Balaban J connectivity index is 1.74. The maximum atomic E-state index is 13.7. The van der Waals surface area contributed by atoms with Gasteiger partial charge >= 0.3 is 0 Å². The third kappa shape index (κ3) is 4.37. The van der Waals surface area contributed by atoms with Gasteiger partial charge in [-0.05, 0) is 45.7 Å². The number of rotatable bonds is 6. The van der Waals surface area contributed by atoms with Gasteiger partial charge in [0.2, 0.25) is 0 Å². The lowest BCUT2D eigenvalue weighted by atomic mass is 9.82. The van der Waals surface area contributed by atoms with Crippen LogP contribution in [0.25, 0.3) is 0 Å². The minimum absolute atomic E-state index is 0.0175. The molecule has 0 radical (unpaired) electrons. The minimum atomic E-state index is -1.18. The van der Waals surface area contributed by atoms with Gasteiger partial charge in [-0.3, -0.25) is 29.3 Å². The van der Waals surface area contributed by atoms with Gasteiger partial charge in [0.1, 0.15) is 6.04 Å². The highest BCUT2D eigenvalue weighted by Gasteiger charge is 2.53. The zero-order valence-corrected chi connectivity index (χ0v) is 19.6. The normalized spacial score (nSPS) is 20.2. The molecule has 2 aliphatic rings. The number of Topliss-reactive ketones (excluding diaryl/α,β-unsaturated/α-hetero) is 1. The summed E-state index contributed by atoms with van der Waals surface area (Å²) in [4.78, 5) is 64.2. The fourth-order valence-corrected chi connectivity index (χ4v) is 4.60. The minimum Gasteiger partial charge on any atom is -0.292 e. The molecular weight excluding hydrogens is 450 g/mol. The van der Waals surface area contributed by atoms with Crippen LogP contribution in [-0.2, 0) is 9.59 Å². The van der Waals surface area contributed by atoms with E-state index in [0.717, 1.165) is 21.2 Å². The van der Waals surface area contributed by atoms with E-state index in [4.69, 9.17) is 0 Å². The van der Waals surface area contributed by atoms with Crippen LogP contribution in [0.1, 0.15) is 53.0 Å². The summed E-state index contributed by atoms with van der Waals surface area (Å²) in [5.74, 6) is -3.45. The zero-order chi connectivity index (χ0) is 25.4. The predicted octanol–water partition coefficient (Wildman–Crippen LogP) is 3.87. The number of nitrogens with zero attached hydrogens (tertiary/aromatic N) is 3. The van der Waals surface area contributed by atoms with Crippen molar-refractivity contribution in [3.05, 3.63) is 87.0 Å². The fraction of sp³-hybridized carbons (Fsp3) is 0.308. The van der Waals surface area contributed by atoms with Gasteiger partial charge in [-0.1, -0.05) is 41.5 Å². The van der Waals surface area contributed by atoms with Crippen molar-refractivity contribution >= 4 is 29.2 Å². The molecule has 0 aromatic heterocycles. The number of nitro groups is 1. The van der Waals surface area contributed by atoms with E-state index in [1.807, 2.05) is 19.9 Å². The van der Waals surface area contributed by atoms with Crippen molar-refractivity contribution < 1.29 is 24.1 Å². The van der Waals surface area contributed by atoms with E-state index in [2.05, 4.69) is 0 Å². The van der Waals surface area contributed by atoms with Gasteiger partial charge in [-0.2, -0.15) is 5.01 Å². The molecule has 1 aliphatic carbocycles. The van der Waals surface area contributed by atoms with Crippen molar-refractivity contribution in [2.75, 3.05) is 0 Å². The Morgan fingerprint density at radius 1 is 0.971 bits per heavy atom. The number of carbonyl (C=O) groups is 4. The first-order chi connectivity index (χ1) is 16.6. The number of carbonyl (C=O) groups excluding carboxylic acids is 4. The monoisotopic (exact) mass is 475 g/mol. The van der Waals surface area contributed by atoms with Crippen molar-refractivity contribution in [3.63, 3.8) is 0 Å². The SMILES string of the molecule is CC1=CC[C@@H]2C(=O)N(N(C(=O)c3ccc([N+](=O)[O-])cc3)[C@@H](C)C(=O)c3ccc(C)cc3)C(=O)[C@H]2C1. The van der Waals surface area contributed by atoms with Crippen LogP contribution in [-0.4, -0.2) is 44.5 Å². The van der Waals surface area contributed by atoms with Gasteiger partial charge < -0.3 is 0 Å². The Bertz CT molecular complexity index is 1250. The molecule has 3 amide bonds. The number of benzene rings is 2. The molecule has 1 heterocycles. The molecule has 180 valence electrons. The van der Waals surface area contributed by atoms with E-state index in [1.54, 1.807) is 24.3 Å². The summed E-state index contributed by atoms with van der Waals surface area (Å²) in [6.45, 7) is 5.24. The van der Waals surface area contributed by atoms with Crippen LogP contribution in [0.2, 0.25) is 0 Å². The summed E-state index contributed by atoms with van der Waals surface area (Å²) in [6.07, 6.45) is 2.71. The zero-order valence-electron chi connectivity index (χ0n) is 19.6. The molecule has 9 nitrogen and oxygen atoms in total. The Labute approximate surface area is 202 Å². The topological polar surface area (TPSA) is 118 Å². The Kier molecular flexibility index (Phi) is 6.34. The number of amides is 3. The number of fused-ring (bicyclic) bond motifs is 1. The third-order valence-electron chi connectivity index (χ3n) is 6.63. The number of aryl methyl sites for hydroxylation is 1. The van der Waals surface area contributed by atoms with Crippen LogP contribution in [0.3, 0.4) is 0 Å². The average molecular weight is 476 g/mol. The molecule has 2 aromatic rings. The van der Waals surface area contributed by atoms with E-state index in [9.17, 15) is 29.3 Å². The summed E-state index contributed by atoms with van der Waals surface area (Å²) < 4.78 is 0. The van der Waals surface area contributed by atoms with Crippen LogP contribution < -0.4 is 0 Å². The summed E-state index contributed by atoms with van der Waals surface area (Å²) in [5, 5.41) is 12.8. The van der Waals surface area contributed by atoms with Crippen LogP contribution >= 0.6 is 0 Å². The van der Waals surface area contributed by atoms with Crippen LogP contribution in [0.15, 0.2) is 60.2 Å². The number of hydrogen-bond donors (Lipinski definition) is 0. The number of hydrogen-bond acceptors (Lipinski definition) is 6. The Morgan fingerprint density at radius 3 is 2.14 bits per heavy atom. The smallest absolute Gasteiger partial charge is 0.273 e. The number of ketones is 1. The molecule has 0 N–H and O–H groups in total. The van der Waals surface area contributed by atoms with E-state index < -0.39 is 46.3 Å². The van der Waals surface area contributed by atoms with Gasteiger partial charge in [0.05, 0.1) is 16.8 Å². The predicted molar refractivity (Wildman–Crippen MR) is 126 cm³/mol. The van der Waals surface area contributed by atoms with Crippen molar-refractivity contribution in [1.82, 2.24) is 10.0 Å². The Morgan fingerprint density at radius 2 is 1.54 bits per heavy atom. The highest BCUT2D eigenvalue weighted by molar-refractivity contribution is 6.10. The van der Waals surface area contributed by atoms with Crippen molar-refractivity contribution in [2.45, 2.75) is 39.7 Å². The van der Waals surface area contributed by atoms with Crippen LogP contribution in [0.5, 0.6) is 0 Å². The molecular formula is C26H25N3O6. The van der Waals surface area contributed by atoms with E-state index in [0.29, 0.717) is 18.4 Å². The molecule has 1 aliphatic heterocycles.